The molecule has 1 aromatic heterocycles. The van der Waals surface area contributed by atoms with E-state index in [-0.39, 0.29) is 25.9 Å². The molecule has 0 spiro atoms. The first-order chi connectivity index (χ1) is 15.0. The first-order valence-corrected chi connectivity index (χ1v) is 10.8. The summed E-state index contributed by atoms with van der Waals surface area (Å²) >= 11 is 6.40. The number of methoxy groups -OCH3 is 1. The Morgan fingerprint density at radius 3 is 2.66 bits per heavy atom. The summed E-state index contributed by atoms with van der Waals surface area (Å²) in [4.78, 5) is 30.1. The van der Waals surface area contributed by atoms with E-state index in [1.54, 1.807) is 46.1 Å². The lowest BCUT2D eigenvalue weighted by molar-refractivity contribution is -0.167. The lowest BCUT2D eigenvalue weighted by Crippen LogP contribution is -2.41. The number of aromatic nitrogens is 1. The number of amides is 1. The molecule has 0 saturated carbocycles. The molecule has 0 aliphatic carbocycles. The number of fused-ring (bicyclic) bond motifs is 1. The zero-order valence-electron chi connectivity index (χ0n) is 18.7. The molecule has 9 heteroatoms. The first kappa shape index (κ1) is 24.1. The largest absolute Gasteiger partial charge is 0.497 e. The molecule has 3 rings (SSSR count). The maximum atomic E-state index is 13.1. The van der Waals surface area contributed by atoms with Crippen LogP contribution in [0.3, 0.4) is 0 Å². The fourth-order valence-electron chi connectivity index (χ4n) is 4.09. The molecule has 0 radical (unpaired) electrons. The summed E-state index contributed by atoms with van der Waals surface area (Å²) in [5.74, 6) is 0.154. The van der Waals surface area contributed by atoms with Crippen molar-refractivity contribution in [1.29, 1.82) is 0 Å². The highest BCUT2D eigenvalue weighted by atomic mass is 35.5. The van der Waals surface area contributed by atoms with E-state index in [1.807, 2.05) is 0 Å². The number of carbonyl (C=O) groups excluding carboxylic acids is 1. The number of aliphatic hydroxyl groups is 1. The van der Waals surface area contributed by atoms with Gasteiger partial charge in [-0.3, -0.25) is 9.78 Å². The van der Waals surface area contributed by atoms with Crippen molar-refractivity contribution in [2.75, 3.05) is 20.2 Å². The molecule has 1 saturated heterocycles. The van der Waals surface area contributed by atoms with Crippen LogP contribution < -0.4 is 4.74 Å². The third-order valence-corrected chi connectivity index (χ3v) is 6.06. The van der Waals surface area contributed by atoms with Gasteiger partial charge in [0.1, 0.15) is 11.4 Å². The Bertz CT molecular complexity index is 1020. The number of benzene rings is 1. The second kappa shape index (κ2) is 9.11. The van der Waals surface area contributed by atoms with E-state index in [9.17, 15) is 19.8 Å². The maximum absolute atomic E-state index is 13.1. The van der Waals surface area contributed by atoms with Crippen LogP contribution in [0.5, 0.6) is 5.75 Å². The van der Waals surface area contributed by atoms with Crippen molar-refractivity contribution in [2.24, 2.45) is 5.41 Å². The number of hydrogen-bond acceptors (Lipinski definition) is 6. The Balaban J connectivity index is 1.89. The number of hydrogen-bond donors (Lipinski definition) is 2. The van der Waals surface area contributed by atoms with Gasteiger partial charge in [0.25, 0.3) is 0 Å². The van der Waals surface area contributed by atoms with Crippen LogP contribution in [0.4, 0.5) is 4.79 Å². The summed E-state index contributed by atoms with van der Waals surface area (Å²) in [6.07, 6.45) is 0.198. The van der Waals surface area contributed by atoms with Crippen LogP contribution in [0.15, 0.2) is 24.4 Å². The van der Waals surface area contributed by atoms with Gasteiger partial charge in [-0.05, 0) is 58.2 Å². The first-order valence-electron chi connectivity index (χ1n) is 10.5. The van der Waals surface area contributed by atoms with Crippen LogP contribution in [0.1, 0.15) is 51.7 Å². The molecule has 1 aliphatic rings. The Kier molecular flexibility index (Phi) is 6.86. The zero-order chi connectivity index (χ0) is 23.7. The fourth-order valence-corrected chi connectivity index (χ4v) is 4.36. The standard InChI is InChI=1S/C23H29ClN2O6/c1-22(2,3)32-20(28)23(9-10-26(13-23)21(29)30)8-7-18(27)19-15-11-14(31-4)5-6-17(15)25-12-16(19)24/h5-6,11-12,18,27H,7-10,13H2,1-4H3,(H,29,30). The molecular formula is C23H29ClN2O6. The molecule has 1 aliphatic heterocycles. The molecule has 2 heterocycles. The number of halogens is 1. The van der Waals surface area contributed by atoms with Crippen LogP contribution in [0, 0.1) is 5.41 Å². The quantitative estimate of drug-likeness (QED) is 0.609. The topological polar surface area (TPSA) is 109 Å². The Hall–Kier alpha value is -2.58. The van der Waals surface area contributed by atoms with Crippen molar-refractivity contribution >= 4 is 34.6 Å². The van der Waals surface area contributed by atoms with Gasteiger partial charge in [-0.15, -0.1) is 0 Å². The number of rotatable bonds is 6. The summed E-state index contributed by atoms with van der Waals surface area (Å²) in [5.41, 5.74) is -0.577. The zero-order valence-corrected chi connectivity index (χ0v) is 19.5. The Labute approximate surface area is 192 Å². The van der Waals surface area contributed by atoms with E-state index in [0.717, 1.165) is 0 Å². The van der Waals surface area contributed by atoms with E-state index in [0.29, 0.717) is 33.7 Å². The van der Waals surface area contributed by atoms with Crippen LogP contribution in [0.2, 0.25) is 5.02 Å². The predicted octanol–water partition coefficient (Wildman–Crippen LogP) is 4.42. The summed E-state index contributed by atoms with van der Waals surface area (Å²) in [6, 6.07) is 5.32. The smallest absolute Gasteiger partial charge is 0.407 e. The molecule has 2 aromatic rings. The molecule has 8 nitrogen and oxygen atoms in total. The van der Waals surface area contributed by atoms with Gasteiger partial charge >= 0.3 is 12.1 Å². The van der Waals surface area contributed by atoms with E-state index < -0.39 is 29.2 Å². The third-order valence-electron chi connectivity index (χ3n) is 5.75. The Morgan fingerprint density at radius 2 is 2.06 bits per heavy atom. The van der Waals surface area contributed by atoms with E-state index >= 15 is 0 Å². The molecule has 1 aromatic carbocycles. The molecule has 0 bridgehead atoms. The molecule has 2 atom stereocenters. The number of carbonyl (C=O) groups is 2. The Morgan fingerprint density at radius 1 is 1.34 bits per heavy atom. The molecule has 2 unspecified atom stereocenters. The van der Waals surface area contributed by atoms with Crippen LogP contribution >= 0.6 is 11.6 Å². The summed E-state index contributed by atoms with van der Waals surface area (Å²) in [5, 5.41) is 21.5. The molecule has 1 amide bonds. The lowest BCUT2D eigenvalue weighted by Gasteiger charge is -2.31. The van der Waals surface area contributed by atoms with Crippen LogP contribution in [0.25, 0.3) is 10.9 Å². The van der Waals surface area contributed by atoms with Gasteiger partial charge in [0, 0.05) is 30.2 Å². The van der Waals surface area contributed by atoms with Gasteiger partial charge in [0.05, 0.1) is 29.2 Å². The molecule has 174 valence electrons. The number of carboxylic acid groups (broad SMARTS) is 1. The number of aliphatic hydroxyl groups excluding tert-OH is 1. The van der Waals surface area contributed by atoms with Crippen LogP contribution in [-0.4, -0.2) is 58.0 Å². The third kappa shape index (κ3) is 5.07. The van der Waals surface area contributed by atoms with E-state index in [1.165, 1.54) is 11.1 Å². The average molecular weight is 465 g/mol. The van der Waals surface area contributed by atoms with Crippen molar-refractivity contribution < 1.29 is 29.3 Å². The number of esters is 1. The SMILES string of the molecule is COc1ccc2ncc(Cl)c(C(O)CCC3(C(=O)OC(C)(C)C)CCN(C(=O)O)C3)c2c1. The highest BCUT2D eigenvalue weighted by Gasteiger charge is 2.48. The molecule has 2 N–H and O–H groups in total. The minimum Gasteiger partial charge on any atom is -0.497 e. The molecular weight excluding hydrogens is 436 g/mol. The van der Waals surface area contributed by atoms with Gasteiger partial charge in [-0.1, -0.05) is 11.6 Å². The van der Waals surface area contributed by atoms with Crippen molar-refractivity contribution in [3.8, 4) is 5.75 Å². The molecule has 1 fully saturated rings. The van der Waals surface area contributed by atoms with Crippen molar-refractivity contribution in [3.63, 3.8) is 0 Å². The fraction of sp³-hybridized carbons (Fsp3) is 0.522. The lowest BCUT2D eigenvalue weighted by atomic mass is 9.80. The second-order valence-corrected chi connectivity index (χ2v) is 9.60. The maximum Gasteiger partial charge on any atom is 0.407 e. The van der Waals surface area contributed by atoms with E-state index in [4.69, 9.17) is 21.1 Å². The van der Waals surface area contributed by atoms with Gasteiger partial charge in [-0.25, -0.2) is 4.79 Å². The van der Waals surface area contributed by atoms with Gasteiger partial charge < -0.3 is 24.6 Å². The monoisotopic (exact) mass is 464 g/mol. The summed E-state index contributed by atoms with van der Waals surface area (Å²) in [6.45, 7) is 5.58. The van der Waals surface area contributed by atoms with E-state index in [2.05, 4.69) is 4.98 Å². The predicted molar refractivity (Wildman–Crippen MR) is 120 cm³/mol. The number of nitrogens with zero attached hydrogens (tertiary/aromatic N) is 2. The average Bonchev–Trinajstić information content (AvgIpc) is 3.16. The van der Waals surface area contributed by atoms with Crippen LogP contribution in [-0.2, 0) is 9.53 Å². The highest BCUT2D eigenvalue weighted by molar-refractivity contribution is 6.32. The highest BCUT2D eigenvalue weighted by Crippen LogP contribution is 2.41. The van der Waals surface area contributed by atoms with Gasteiger partial charge in [-0.2, -0.15) is 0 Å². The van der Waals surface area contributed by atoms with Crippen molar-refractivity contribution in [3.05, 3.63) is 35.0 Å². The van der Waals surface area contributed by atoms with Gasteiger partial charge in [0.15, 0.2) is 0 Å². The van der Waals surface area contributed by atoms with Crippen molar-refractivity contribution in [2.45, 2.75) is 51.7 Å². The number of pyridine rings is 1. The molecule has 32 heavy (non-hydrogen) atoms. The normalized spacial score (nSPS) is 19.8. The summed E-state index contributed by atoms with van der Waals surface area (Å²) < 4.78 is 10.9. The second-order valence-electron chi connectivity index (χ2n) is 9.19. The minimum absolute atomic E-state index is 0.0304. The minimum atomic E-state index is -1.08. The summed E-state index contributed by atoms with van der Waals surface area (Å²) in [7, 11) is 1.55. The van der Waals surface area contributed by atoms with Gasteiger partial charge in [0.2, 0.25) is 0 Å². The number of ether oxygens (including phenoxy) is 2. The van der Waals surface area contributed by atoms with Crippen molar-refractivity contribution in [1.82, 2.24) is 9.88 Å². The number of likely N-dealkylation sites (tertiary alicyclic amines) is 1.